The van der Waals surface area contributed by atoms with Crippen LogP contribution in [-0.2, 0) is 0 Å². The van der Waals surface area contributed by atoms with Crippen LogP contribution in [-0.4, -0.2) is 47.0 Å². The molecule has 5 nitrogen and oxygen atoms in total. The molecule has 0 radical (unpaired) electrons. The first kappa shape index (κ1) is 17.4. The van der Waals surface area contributed by atoms with Gasteiger partial charge in [-0.1, -0.05) is 18.2 Å². The molecular weight excluding hydrogens is 312 g/mol. The Morgan fingerprint density at radius 1 is 1.12 bits per heavy atom. The molecule has 1 aromatic heterocycles. The van der Waals surface area contributed by atoms with Crippen LogP contribution in [0.15, 0.2) is 30.3 Å². The number of rotatable bonds is 3. The molecule has 3 rings (SSSR count). The molecule has 0 unspecified atom stereocenters. The van der Waals surface area contributed by atoms with E-state index in [1.807, 2.05) is 63.1 Å². The number of hydrogen-bond donors (Lipinski definition) is 0. The van der Waals surface area contributed by atoms with E-state index in [2.05, 4.69) is 14.9 Å². The predicted molar refractivity (Wildman–Crippen MR) is 100 cm³/mol. The maximum Gasteiger partial charge on any atom is 0.254 e. The van der Waals surface area contributed by atoms with Crippen LogP contribution in [0.4, 0.5) is 5.82 Å². The fourth-order valence-electron chi connectivity index (χ4n) is 3.51. The van der Waals surface area contributed by atoms with E-state index in [0.717, 1.165) is 54.4 Å². The van der Waals surface area contributed by atoms with Crippen molar-refractivity contribution in [1.29, 1.82) is 0 Å². The van der Waals surface area contributed by atoms with E-state index in [1.165, 1.54) is 0 Å². The fourth-order valence-corrected chi connectivity index (χ4v) is 3.51. The summed E-state index contributed by atoms with van der Waals surface area (Å²) < 4.78 is 0. The molecule has 1 aromatic carbocycles. The molecule has 2 heterocycles. The lowest BCUT2D eigenvalue weighted by Gasteiger charge is -2.37. The van der Waals surface area contributed by atoms with Crippen LogP contribution in [0, 0.1) is 20.8 Å². The summed E-state index contributed by atoms with van der Waals surface area (Å²) >= 11 is 0. The van der Waals surface area contributed by atoms with Gasteiger partial charge in [-0.2, -0.15) is 0 Å². The highest BCUT2D eigenvalue weighted by Crippen LogP contribution is 2.22. The molecule has 0 bridgehead atoms. The second kappa shape index (κ2) is 7.21. The van der Waals surface area contributed by atoms with E-state index in [-0.39, 0.29) is 11.9 Å². The van der Waals surface area contributed by atoms with Gasteiger partial charge >= 0.3 is 0 Å². The molecule has 1 amide bonds. The van der Waals surface area contributed by atoms with Gasteiger partial charge < -0.3 is 9.80 Å². The summed E-state index contributed by atoms with van der Waals surface area (Å²) in [6, 6.07) is 10.1. The zero-order valence-corrected chi connectivity index (χ0v) is 15.5. The normalized spacial score (nSPS) is 15.3. The summed E-state index contributed by atoms with van der Waals surface area (Å²) in [5, 5.41) is 0. The molecule has 1 saturated heterocycles. The van der Waals surface area contributed by atoms with E-state index >= 15 is 0 Å². The topological polar surface area (TPSA) is 49.3 Å². The second-order valence-corrected chi connectivity index (χ2v) is 6.86. The van der Waals surface area contributed by atoms with Gasteiger partial charge in [0.2, 0.25) is 0 Å². The van der Waals surface area contributed by atoms with Crippen molar-refractivity contribution in [2.24, 2.45) is 0 Å². The van der Waals surface area contributed by atoms with Crippen molar-refractivity contribution >= 4 is 11.7 Å². The zero-order valence-electron chi connectivity index (χ0n) is 15.5. The molecule has 1 aliphatic heterocycles. The molecule has 132 valence electrons. The summed E-state index contributed by atoms with van der Waals surface area (Å²) in [6.45, 7) is 7.73. The quantitative estimate of drug-likeness (QED) is 0.863. The van der Waals surface area contributed by atoms with Crippen LogP contribution in [0.1, 0.15) is 40.3 Å². The fraction of sp³-hybridized carbons (Fsp3) is 0.450. The Kier molecular flexibility index (Phi) is 5.02. The molecule has 1 fully saturated rings. The van der Waals surface area contributed by atoms with Gasteiger partial charge in [0.05, 0.1) is 0 Å². The Hall–Kier alpha value is -2.43. The van der Waals surface area contributed by atoms with Gasteiger partial charge in [0, 0.05) is 43.5 Å². The number of anilines is 1. The number of hydrogen-bond acceptors (Lipinski definition) is 4. The first-order chi connectivity index (χ1) is 12.0. The third-order valence-corrected chi connectivity index (χ3v) is 4.98. The van der Waals surface area contributed by atoms with Gasteiger partial charge in [0.25, 0.3) is 5.91 Å². The molecular formula is C20H26N4O. The van der Waals surface area contributed by atoms with E-state index < -0.39 is 0 Å². The van der Waals surface area contributed by atoms with Crippen LogP contribution in [0.2, 0.25) is 0 Å². The lowest BCUT2D eigenvalue weighted by Crippen LogP contribution is -2.46. The Balaban J connectivity index is 1.65. The van der Waals surface area contributed by atoms with Crippen molar-refractivity contribution in [2.75, 3.05) is 25.0 Å². The Morgan fingerprint density at radius 3 is 2.44 bits per heavy atom. The minimum absolute atomic E-state index is 0.116. The third kappa shape index (κ3) is 3.81. The maximum absolute atomic E-state index is 12.8. The van der Waals surface area contributed by atoms with Gasteiger partial charge in [-0.05, 0) is 45.2 Å². The molecule has 0 atom stereocenters. The summed E-state index contributed by atoms with van der Waals surface area (Å²) in [5.74, 6) is 1.92. The summed E-state index contributed by atoms with van der Waals surface area (Å²) in [4.78, 5) is 25.9. The van der Waals surface area contributed by atoms with Crippen molar-refractivity contribution in [3.63, 3.8) is 0 Å². The van der Waals surface area contributed by atoms with E-state index in [4.69, 9.17) is 0 Å². The first-order valence-electron chi connectivity index (χ1n) is 8.85. The van der Waals surface area contributed by atoms with Crippen LogP contribution in [0.25, 0.3) is 0 Å². The number of aromatic nitrogens is 2. The minimum Gasteiger partial charge on any atom is -0.356 e. The SMILES string of the molecule is Cc1cc(N2CCC(N(C)C(=O)c3ccccc3C)CC2)nc(C)n1. The van der Waals surface area contributed by atoms with Crippen molar-refractivity contribution in [3.8, 4) is 0 Å². The number of piperidine rings is 1. The van der Waals surface area contributed by atoms with Crippen molar-refractivity contribution in [2.45, 2.75) is 39.7 Å². The Labute approximate surface area is 149 Å². The van der Waals surface area contributed by atoms with Crippen molar-refractivity contribution in [3.05, 3.63) is 53.0 Å². The number of carbonyl (C=O) groups is 1. The number of nitrogens with zero attached hydrogens (tertiary/aromatic N) is 4. The highest BCUT2D eigenvalue weighted by Gasteiger charge is 2.27. The largest absolute Gasteiger partial charge is 0.356 e. The highest BCUT2D eigenvalue weighted by atomic mass is 16.2. The third-order valence-electron chi connectivity index (χ3n) is 4.98. The van der Waals surface area contributed by atoms with E-state index in [1.54, 1.807) is 0 Å². The molecule has 5 heteroatoms. The van der Waals surface area contributed by atoms with Crippen molar-refractivity contribution < 1.29 is 4.79 Å². The minimum atomic E-state index is 0.116. The van der Waals surface area contributed by atoms with Crippen LogP contribution >= 0.6 is 0 Å². The van der Waals surface area contributed by atoms with Crippen molar-refractivity contribution in [1.82, 2.24) is 14.9 Å². The summed E-state index contributed by atoms with van der Waals surface area (Å²) in [5.41, 5.74) is 2.83. The number of aryl methyl sites for hydroxylation is 3. The van der Waals surface area contributed by atoms with E-state index in [9.17, 15) is 4.79 Å². The van der Waals surface area contributed by atoms with Gasteiger partial charge in [-0.15, -0.1) is 0 Å². The Morgan fingerprint density at radius 2 is 1.80 bits per heavy atom. The van der Waals surface area contributed by atoms with Gasteiger partial charge in [-0.3, -0.25) is 4.79 Å². The predicted octanol–water partition coefficient (Wildman–Crippen LogP) is 3.14. The number of carbonyl (C=O) groups excluding carboxylic acids is 1. The maximum atomic E-state index is 12.8. The highest BCUT2D eigenvalue weighted by molar-refractivity contribution is 5.95. The zero-order chi connectivity index (χ0) is 18.0. The first-order valence-corrected chi connectivity index (χ1v) is 8.85. The average molecular weight is 338 g/mol. The Bertz CT molecular complexity index is 746. The molecule has 2 aromatic rings. The van der Waals surface area contributed by atoms with Crippen LogP contribution in [0.3, 0.4) is 0 Å². The summed E-state index contributed by atoms with van der Waals surface area (Å²) in [7, 11) is 1.92. The summed E-state index contributed by atoms with van der Waals surface area (Å²) in [6.07, 6.45) is 1.91. The second-order valence-electron chi connectivity index (χ2n) is 6.86. The molecule has 0 saturated carbocycles. The monoisotopic (exact) mass is 338 g/mol. The van der Waals surface area contributed by atoms with E-state index in [0.29, 0.717) is 0 Å². The molecule has 0 aliphatic carbocycles. The lowest BCUT2D eigenvalue weighted by molar-refractivity contribution is 0.0708. The number of benzene rings is 1. The average Bonchev–Trinajstić information content (AvgIpc) is 2.60. The number of amides is 1. The van der Waals surface area contributed by atoms with Gasteiger partial charge in [0.1, 0.15) is 11.6 Å². The molecule has 1 aliphatic rings. The lowest BCUT2D eigenvalue weighted by atomic mass is 10.0. The molecule has 25 heavy (non-hydrogen) atoms. The molecule has 0 N–H and O–H groups in total. The van der Waals surface area contributed by atoms with Gasteiger partial charge in [0.15, 0.2) is 0 Å². The standard InChI is InChI=1S/C20H26N4O/c1-14-7-5-6-8-18(14)20(25)23(4)17-9-11-24(12-10-17)19-13-15(2)21-16(3)22-19/h5-8,13,17H,9-12H2,1-4H3. The smallest absolute Gasteiger partial charge is 0.254 e. The molecule has 0 spiro atoms. The van der Waals surface area contributed by atoms with Gasteiger partial charge in [-0.25, -0.2) is 9.97 Å². The van der Waals surface area contributed by atoms with Crippen LogP contribution in [0.5, 0.6) is 0 Å². The van der Waals surface area contributed by atoms with Crippen LogP contribution < -0.4 is 4.90 Å².